The molecule has 5 heteroatoms. The van der Waals surface area contributed by atoms with E-state index in [1.54, 1.807) is 26.4 Å². The smallest absolute Gasteiger partial charge is 0.228 e. The average Bonchev–Trinajstić information content (AvgIpc) is 2.70. The van der Waals surface area contributed by atoms with E-state index < -0.39 is 0 Å². The monoisotopic (exact) mass is 363 g/mol. The van der Waals surface area contributed by atoms with Crippen molar-refractivity contribution in [3.8, 4) is 23.0 Å². The Kier molecular flexibility index (Phi) is 5.94. The summed E-state index contributed by atoms with van der Waals surface area (Å²) in [6.07, 6.45) is 0.208. The number of benzene rings is 3. The van der Waals surface area contributed by atoms with Gasteiger partial charge in [-0.15, -0.1) is 0 Å². The summed E-state index contributed by atoms with van der Waals surface area (Å²) in [6.45, 7) is 0. The Labute approximate surface area is 158 Å². The zero-order chi connectivity index (χ0) is 19.1. The molecular weight excluding hydrogens is 342 g/mol. The predicted molar refractivity (Wildman–Crippen MR) is 105 cm³/mol. The molecule has 0 aromatic heterocycles. The van der Waals surface area contributed by atoms with Gasteiger partial charge in [-0.2, -0.15) is 0 Å². The molecule has 0 aliphatic rings. The summed E-state index contributed by atoms with van der Waals surface area (Å²) in [4.78, 5) is 12.5. The fourth-order valence-electron chi connectivity index (χ4n) is 2.64. The molecule has 0 bridgehead atoms. The van der Waals surface area contributed by atoms with E-state index in [2.05, 4.69) is 5.32 Å². The Balaban J connectivity index is 1.71. The number of ether oxygens (including phenoxy) is 3. The Bertz CT molecular complexity index is 909. The Hall–Kier alpha value is -3.47. The van der Waals surface area contributed by atoms with E-state index in [0.29, 0.717) is 28.7 Å². The SMILES string of the molecule is COc1ccc(CC(=O)Nc2ccccc2Oc2ccccc2)cc1OC. The number of carbonyl (C=O) groups is 1. The second-order valence-electron chi connectivity index (χ2n) is 5.83. The van der Waals surface area contributed by atoms with Gasteiger partial charge in [0.05, 0.1) is 26.3 Å². The molecule has 0 saturated heterocycles. The molecule has 0 unspecified atom stereocenters. The predicted octanol–water partition coefficient (Wildman–Crippen LogP) is 4.68. The first-order valence-corrected chi connectivity index (χ1v) is 8.52. The minimum absolute atomic E-state index is 0.147. The summed E-state index contributed by atoms with van der Waals surface area (Å²) in [5, 5.41) is 2.91. The van der Waals surface area contributed by atoms with Gasteiger partial charge < -0.3 is 19.5 Å². The van der Waals surface area contributed by atoms with Crippen LogP contribution in [-0.2, 0) is 11.2 Å². The maximum Gasteiger partial charge on any atom is 0.228 e. The topological polar surface area (TPSA) is 56.8 Å². The highest BCUT2D eigenvalue weighted by Crippen LogP contribution is 2.30. The molecule has 3 aromatic carbocycles. The third-order valence-corrected chi connectivity index (χ3v) is 3.94. The number of carbonyl (C=O) groups excluding carboxylic acids is 1. The van der Waals surface area contributed by atoms with E-state index in [1.165, 1.54) is 0 Å². The molecule has 0 heterocycles. The molecule has 0 saturated carbocycles. The third-order valence-electron chi connectivity index (χ3n) is 3.94. The minimum Gasteiger partial charge on any atom is -0.493 e. The van der Waals surface area contributed by atoms with E-state index in [1.807, 2.05) is 60.7 Å². The summed E-state index contributed by atoms with van der Waals surface area (Å²) < 4.78 is 16.4. The lowest BCUT2D eigenvalue weighted by molar-refractivity contribution is -0.115. The van der Waals surface area contributed by atoms with Gasteiger partial charge in [0.1, 0.15) is 5.75 Å². The lowest BCUT2D eigenvalue weighted by Crippen LogP contribution is -2.15. The van der Waals surface area contributed by atoms with Crippen LogP contribution in [0.2, 0.25) is 0 Å². The van der Waals surface area contributed by atoms with Crippen LogP contribution in [0.5, 0.6) is 23.0 Å². The maximum absolute atomic E-state index is 12.5. The first-order chi connectivity index (χ1) is 13.2. The molecule has 0 aliphatic heterocycles. The van der Waals surface area contributed by atoms with Crippen molar-refractivity contribution >= 4 is 11.6 Å². The standard InChI is InChI=1S/C22H21NO4/c1-25-20-13-12-16(14-21(20)26-2)15-22(24)23-18-10-6-7-11-19(18)27-17-8-4-3-5-9-17/h3-14H,15H2,1-2H3,(H,23,24). The zero-order valence-electron chi connectivity index (χ0n) is 15.3. The lowest BCUT2D eigenvalue weighted by atomic mass is 10.1. The van der Waals surface area contributed by atoms with E-state index >= 15 is 0 Å². The van der Waals surface area contributed by atoms with Crippen molar-refractivity contribution in [3.05, 3.63) is 78.4 Å². The van der Waals surface area contributed by atoms with Crippen LogP contribution >= 0.6 is 0 Å². The van der Waals surface area contributed by atoms with Crippen LogP contribution in [0.25, 0.3) is 0 Å². The van der Waals surface area contributed by atoms with Gasteiger partial charge in [0.15, 0.2) is 17.2 Å². The van der Waals surface area contributed by atoms with E-state index in [4.69, 9.17) is 14.2 Å². The molecule has 5 nitrogen and oxygen atoms in total. The molecular formula is C22H21NO4. The van der Waals surface area contributed by atoms with Crippen molar-refractivity contribution in [1.82, 2.24) is 0 Å². The van der Waals surface area contributed by atoms with Gasteiger partial charge in [-0.3, -0.25) is 4.79 Å². The van der Waals surface area contributed by atoms with Crippen LogP contribution < -0.4 is 19.5 Å². The summed E-state index contributed by atoms with van der Waals surface area (Å²) in [7, 11) is 3.15. The molecule has 138 valence electrons. The van der Waals surface area contributed by atoms with Crippen LogP contribution in [0.15, 0.2) is 72.8 Å². The highest BCUT2D eigenvalue weighted by atomic mass is 16.5. The second kappa shape index (κ2) is 8.76. The maximum atomic E-state index is 12.5. The van der Waals surface area contributed by atoms with Gasteiger partial charge in [0.2, 0.25) is 5.91 Å². The number of methoxy groups -OCH3 is 2. The molecule has 0 spiro atoms. The number of amides is 1. The summed E-state index contributed by atoms with van der Waals surface area (Å²) in [5.41, 5.74) is 1.44. The molecule has 3 rings (SSSR count). The molecule has 3 aromatic rings. The quantitative estimate of drug-likeness (QED) is 0.662. The van der Waals surface area contributed by atoms with Gasteiger partial charge in [-0.25, -0.2) is 0 Å². The summed E-state index contributed by atoms with van der Waals surface area (Å²) in [6, 6.07) is 22.2. The average molecular weight is 363 g/mol. The summed E-state index contributed by atoms with van der Waals surface area (Å²) >= 11 is 0. The minimum atomic E-state index is -0.147. The van der Waals surface area contributed by atoms with Crippen LogP contribution in [0.4, 0.5) is 5.69 Å². The van der Waals surface area contributed by atoms with Crippen molar-refractivity contribution < 1.29 is 19.0 Å². The number of para-hydroxylation sites is 3. The van der Waals surface area contributed by atoms with E-state index in [-0.39, 0.29) is 12.3 Å². The van der Waals surface area contributed by atoms with E-state index in [0.717, 1.165) is 5.56 Å². The van der Waals surface area contributed by atoms with Gasteiger partial charge in [-0.1, -0.05) is 36.4 Å². The highest BCUT2D eigenvalue weighted by Gasteiger charge is 2.11. The Morgan fingerprint density at radius 2 is 1.52 bits per heavy atom. The number of anilines is 1. The second-order valence-corrected chi connectivity index (χ2v) is 5.83. The van der Waals surface area contributed by atoms with Crippen molar-refractivity contribution in [2.45, 2.75) is 6.42 Å². The number of hydrogen-bond acceptors (Lipinski definition) is 4. The largest absolute Gasteiger partial charge is 0.493 e. The number of hydrogen-bond donors (Lipinski definition) is 1. The van der Waals surface area contributed by atoms with Crippen molar-refractivity contribution in [2.24, 2.45) is 0 Å². The van der Waals surface area contributed by atoms with Crippen LogP contribution in [0.3, 0.4) is 0 Å². The van der Waals surface area contributed by atoms with Crippen LogP contribution in [-0.4, -0.2) is 20.1 Å². The third kappa shape index (κ3) is 4.79. The Morgan fingerprint density at radius 1 is 0.815 bits per heavy atom. The van der Waals surface area contributed by atoms with Crippen LogP contribution in [0, 0.1) is 0 Å². The molecule has 0 atom stereocenters. The van der Waals surface area contributed by atoms with Crippen LogP contribution in [0.1, 0.15) is 5.56 Å². The molecule has 1 amide bonds. The van der Waals surface area contributed by atoms with Crippen molar-refractivity contribution in [2.75, 3.05) is 19.5 Å². The van der Waals surface area contributed by atoms with Gasteiger partial charge >= 0.3 is 0 Å². The number of rotatable bonds is 7. The zero-order valence-corrected chi connectivity index (χ0v) is 15.3. The molecule has 0 fully saturated rings. The first kappa shape index (κ1) is 18.3. The van der Waals surface area contributed by atoms with E-state index in [9.17, 15) is 4.79 Å². The summed E-state index contributed by atoms with van der Waals surface area (Å²) in [5.74, 6) is 2.37. The highest BCUT2D eigenvalue weighted by molar-refractivity contribution is 5.93. The number of nitrogens with one attached hydrogen (secondary N) is 1. The molecule has 0 radical (unpaired) electrons. The molecule has 1 N–H and O–H groups in total. The van der Waals surface area contributed by atoms with Gasteiger partial charge in [-0.05, 0) is 42.0 Å². The van der Waals surface area contributed by atoms with Gasteiger partial charge in [0.25, 0.3) is 0 Å². The fourth-order valence-corrected chi connectivity index (χ4v) is 2.64. The van der Waals surface area contributed by atoms with Crippen molar-refractivity contribution in [1.29, 1.82) is 0 Å². The first-order valence-electron chi connectivity index (χ1n) is 8.52. The Morgan fingerprint density at radius 3 is 2.26 bits per heavy atom. The van der Waals surface area contributed by atoms with Gasteiger partial charge in [0, 0.05) is 0 Å². The molecule has 0 aliphatic carbocycles. The molecule has 27 heavy (non-hydrogen) atoms. The fraction of sp³-hybridized carbons (Fsp3) is 0.136. The normalized spacial score (nSPS) is 10.1. The lowest BCUT2D eigenvalue weighted by Gasteiger charge is -2.13. The van der Waals surface area contributed by atoms with Crippen molar-refractivity contribution in [3.63, 3.8) is 0 Å².